The lowest BCUT2D eigenvalue weighted by atomic mass is 9.92. The van der Waals surface area contributed by atoms with E-state index in [1.807, 2.05) is 0 Å². The van der Waals surface area contributed by atoms with Crippen molar-refractivity contribution in [3.8, 4) is 0 Å². The van der Waals surface area contributed by atoms with Crippen LogP contribution < -0.4 is 0 Å². The molecule has 14 aliphatic rings. The summed E-state index contributed by atoms with van der Waals surface area (Å²) in [5.41, 5.74) is 0. The first-order chi connectivity index (χ1) is 54.8. The van der Waals surface area contributed by atoms with Crippen LogP contribution in [0.4, 0.5) is 0 Å². The van der Waals surface area contributed by atoms with E-state index in [1.54, 1.807) is 0 Å². The molecule has 656 valence electrons. The third-order valence-electron chi connectivity index (χ3n) is 26.5. The molecule has 0 aromatic carbocycles. The van der Waals surface area contributed by atoms with Gasteiger partial charge in [0.05, 0.1) is 0 Å². The Morgan fingerprint density at radius 1 is 0.181 bits per heavy atom. The summed E-state index contributed by atoms with van der Waals surface area (Å²) in [5, 5.41) is 0. The summed E-state index contributed by atoms with van der Waals surface area (Å²) in [5.74, 6) is 3.55. The molecule has 0 N–H and O–H groups in total. The molecule has 0 amide bonds. The molecule has 0 spiro atoms. The quantitative estimate of drug-likeness (QED) is 0.0416. The van der Waals surface area contributed by atoms with Gasteiger partial charge in [0.1, 0.15) is 0 Å². The minimum absolute atomic E-state index is 0.444. The monoisotopic (exact) mass is 1880 g/mol. The summed E-state index contributed by atoms with van der Waals surface area (Å²) < 4.78 is 170. The van der Waals surface area contributed by atoms with Crippen LogP contribution in [0, 0.1) is 47.3 Å². The van der Waals surface area contributed by atoms with Crippen LogP contribution in [0.3, 0.4) is 0 Å². The smallest absolute Gasteiger partial charge is 0.395 e. The summed E-state index contributed by atoms with van der Waals surface area (Å²) in [6.45, 7) is 36.1. The minimum atomic E-state index is -5.45. The number of allylic oxidation sites excluding steroid dienone is 16. The lowest BCUT2D eigenvalue weighted by Gasteiger charge is -2.61. The van der Waals surface area contributed by atoms with Crippen molar-refractivity contribution in [2.24, 2.45) is 47.3 Å². The molecule has 14 rings (SSSR count). The van der Waals surface area contributed by atoms with Crippen LogP contribution in [-0.4, -0.2) is 139 Å². The van der Waals surface area contributed by atoms with E-state index in [1.165, 1.54) is 0 Å². The summed E-state index contributed by atoms with van der Waals surface area (Å²) >= 11 is 0. The Kier molecular flexibility index (Phi) is 31.9. The van der Waals surface area contributed by atoms with Crippen molar-refractivity contribution in [2.75, 3.05) is 0 Å². The fourth-order valence-electron chi connectivity index (χ4n) is 19.3. The molecule has 20 nitrogen and oxygen atoms in total. The van der Waals surface area contributed by atoms with Crippen molar-refractivity contribution in [3.63, 3.8) is 0 Å². The molecule has 0 saturated carbocycles. The Morgan fingerprint density at radius 3 is 0.371 bits per heavy atom. The summed E-state index contributed by atoms with van der Waals surface area (Å²) in [6.07, 6.45) is 69.5. The lowest BCUT2D eigenvalue weighted by Crippen LogP contribution is -2.93. The second-order valence-corrected chi connectivity index (χ2v) is 98.1. The van der Waals surface area contributed by atoms with Crippen molar-refractivity contribution in [3.05, 3.63) is 97.2 Å². The van der Waals surface area contributed by atoms with Crippen LogP contribution in [0.2, 0.25) is 153 Å². The largest absolute Gasteiger partial charge is 0.651 e. The van der Waals surface area contributed by atoms with E-state index in [4.69, 9.17) is 82.3 Å². The molecule has 36 heteroatoms. The zero-order valence-corrected chi connectivity index (χ0v) is 90.3. The zero-order chi connectivity index (χ0) is 82.4. The second-order valence-electron chi connectivity index (χ2n) is 41.6. The van der Waals surface area contributed by atoms with Crippen molar-refractivity contribution in [1.82, 2.24) is 0 Å². The standard InChI is InChI=1S/C80H152O20Si16/c1-101(2,65-57-73-41-25-17-26-42-73)81-109-89-110(82-102(3,4)66-58-74-43-27-18-28-44-74)92-113(85-105(9,10)69-61-77-49-33-21-34-50-77)94-111(90-109,83-103(5,6)67-59-75-45-29-19-30-46-75)96-115(87-107(13,14)71-63-79-53-37-23-38-54-79)97-112(91-109,84-104(7,8)68-60-76-47-31-20-32-48-76)95-114(93-110,86-106(11,12)70-62-78-51-35-22-36-52-78)99-116(98-113,100-115)88-108(15,16)72-64-80-55-39-24-40-56-80/h17-25,27,29,31,33,35,37,39,73-80H,26,28,30,32,34,36,38,40-72H2,1-16H3. The summed E-state index contributed by atoms with van der Waals surface area (Å²) in [6, 6.07) is 5.75. The fraction of sp³-hybridized carbons (Fsp3) is 0.800. The van der Waals surface area contributed by atoms with Gasteiger partial charge in [0.2, 0.25) is 0 Å². The third-order valence-corrected chi connectivity index (χ3v) is 88.1. The predicted octanol–water partition coefficient (Wildman–Crippen LogP) is 23.5. The Bertz CT molecular complexity index is 2760. The first kappa shape index (κ1) is 94.2. The molecule has 6 heterocycles. The molecule has 0 aromatic rings. The third kappa shape index (κ3) is 27.3. The summed E-state index contributed by atoms with van der Waals surface area (Å²) in [4.78, 5) is 0. The molecule has 8 aliphatic carbocycles. The molecule has 0 aromatic heterocycles. The first-order valence-corrected chi connectivity index (χ1v) is 84.0. The van der Waals surface area contributed by atoms with Crippen molar-refractivity contribution < 1.29 is 82.3 Å². The van der Waals surface area contributed by atoms with Gasteiger partial charge in [0, 0.05) is 0 Å². The SMILES string of the molecule is C[Si](C)(CCC1CC=CCC1)O[Si]12O[Si]3(O[Si](C)(C)CCC4CC=CCC4)O[Si]4(O[Si](C)(C)CCC5CC=CCC5)O[Si](O[Si](C)(C)CCC5CC=CCC5)(O1)O[Si]1(O[Si](C)(C)CCC5CC=CCC5)O[Si](O[Si](C)(C)CCC5CC=CCC5)(O2)O[Si](O[Si](C)(C)CCC2CC=CCC2)(O3)O[Si](O[Si](C)(C)CCC2CC=CCC2)(O4)O1. The van der Waals surface area contributed by atoms with Gasteiger partial charge in [-0.05, 0) is 355 Å². The van der Waals surface area contributed by atoms with Gasteiger partial charge in [-0.2, -0.15) is 0 Å². The Labute approximate surface area is 718 Å². The van der Waals surface area contributed by atoms with Crippen LogP contribution in [0.5, 0.6) is 0 Å². The Morgan fingerprint density at radius 2 is 0.284 bits per heavy atom. The van der Waals surface area contributed by atoms with Gasteiger partial charge < -0.3 is 82.3 Å². The topological polar surface area (TPSA) is 185 Å². The van der Waals surface area contributed by atoms with Crippen LogP contribution in [0.1, 0.15) is 205 Å². The highest BCUT2D eigenvalue weighted by molar-refractivity contribution is 7.04. The van der Waals surface area contributed by atoms with E-state index in [0.717, 1.165) is 254 Å². The molecule has 8 atom stereocenters. The number of hydrogen-bond donors (Lipinski definition) is 0. The zero-order valence-electron chi connectivity index (χ0n) is 74.3. The molecule has 6 aliphatic heterocycles. The molecule has 8 bridgehead atoms. The van der Waals surface area contributed by atoms with Crippen LogP contribution in [-0.2, 0) is 82.3 Å². The van der Waals surface area contributed by atoms with Crippen molar-refractivity contribution >= 4 is 139 Å². The molecule has 6 saturated heterocycles. The van der Waals surface area contributed by atoms with Crippen molar-refractivity contribution in [1.29, 1.82) is 0 Å². The molecular formula is C80H152O20Si16. The van der Waals surface area contributed by atoms with E-state index < -0.39 is 139 Å². The summed E-state index contributed by atoms with van der Waals surface area (Å²) in [7, 11) is -69.6. The maximum atomic E-state index is 8.62. The van der Waals surface area contributed by atoms with E-state index in [9.17, 15) is 0 Å². The van der Waals surface area contributed by atoms with Gasteiger partial charge >= 0.3 is 72.4 Å². The van der Waals surface area contributed by atoms with Crippen LogP contribution >= 0.6 is 0 Å². The van der Waals surface area contributed by atoms with Gasteiger partial charge in [-0.3, -0.25) is 0 Å². The average Bonchev–Trinajstić information content (AvgIpc) is 0.677. The lowest BCUT2D eigenvalue weighted by molar-refractivity contribution is -0.130. The minimum Gasteiger partial charge on any atom is -0.395 e. The molecule has 116 heavy (non-hydrogen) atoms. The van der Waals surface area contributed by atoms with Gasteiger partial charge in [-0.25, -0.2) is 0 Å². The van der Waals surface area contributed by atoms with Gasteiger partial charge in [0.25, 0.3) is 0 Å². The second kappa shape index (κ2) is 39.3. The molecular weight excluding hydrogens is 1730 g/mol. The van der Waals surface area contributed by atoms with E-state index >= 15 is 0 Å². The first-order valence-electron chi connectivity index (χ1n) is 46.0. The number of hydrogen-bond acceptors (Lipinski definition) is 20. The molecule has 6 fully saturated rings. The normalized spacial score (nSPS) is 36.6. The number of rotatable bonds is 40. The Hall–Kier alpha value is 0.590. The van der Waals surface area contributed by atoms with E-state index in [-0.39, 0.29) is 0 Å². The molecule has 8 unspecified atom stereocenters. The van der Waals surface area contributed by atoms with Gasteiger partial charge in [-0.15, -0.1) is 0 Å². The van der Waals surface area contributed by atoms with E-state index in [0.29, 0.717) is 47.3 Å². The molecule has 0 radical (unpaired) electrons. The maximum Gasteiger partial charge on any atom is 0.651 e. The Balaban J connectivity index is 1.09. The maximum absolute atomic E-state index is 8.62. The fourth-order valence-corrected chi connectivity index (χ4v) is 93.8. The average molecular weight is 1880 g/mol. The highest BCUT2D eigenvalue weighted by Gasteiger charge is 2.93. The van der Waals surface area contributed by atoms with Gasteiger partial charge in [-0.1, -0.05) is 149 Å². The van der Waals surface area contributed by atoms with E-state index in [2.05, 4.69) is 202 Å². The van der Waals surface area contributed by atoms with Gasteiger partial charge in [0.15, 0.2) is 66.5 Å². The van der Waals surface area contributed by atoms with Crippen molar-refractivity contribution in [2.45, 2.75) is 359 Å². The van der Waals surface area contributed by atoms with Crippen LogP contribution in [0.25, 0.3) is 0 Å². The highest BCUT2D eigenvalue weighted by atomic mass is 28.7. The highest BCUT2D eigenvalue weighted by Crippen LogP contribution is 2.56. The predicted molar refractivity (Wildman–Crippen MR) is 495 cm³/mol. The van der Waals surface area contributed by atoms with Crippen LogP contribution in [0.15, 0.2) is 97.2 Å².